The Morgan fingerprint density at radius 1 is 0.885 bits per heavy atom. The molecular formula is C22H41NO3. The van der Waals surface area contributed by atoms with E-state index < -0.39 is 5.97 Å². The molecule has 4 nitrogen and oxygen atoms in total. The van der Waals surface area contributed by atoms with E-state index in [1.807, 2.05) is 6.92 Å². The molecule has 2 unspecified atom stereocenters. The molecule has 0 aromatic rings. The molecule has 4 heteroatoms. The third-order valence-electron chi connectivity index (χ3n) is 4.93. The van der Waals surface area contributed by atoms with Gasteiger partial charge in [0.2, 0.25) is 5.91 Å². The Balaban J connectivity index is 3.76. The minimum absolute atomic E-state index is 0.315. The standard InChI is InChI=1S/C22H41NO3/c1-17(2)9-6-10-18(3)11-7-12-19(4)13-8-14-20(5)15-21(24)23-16-22(25)26/h15,17-19H,6-14,16H2,1-5H3,(H,23,24)(H,25,26). The molecule has 1 amide bonds. The zero-order chi connectivity index (χ0) is 19.9. The van der Waals surface area contributed by atoms with Crippen molar-refractivity contribution in [3.8, 4) is 0 Å². The maximum absolute atomic E-state index is 11.5. The van der Waals surface area contributed by atoms with Crippen LogP contribution in [-0.2, 0) is 9.59 Å². The number of amides is 1. The van der Waals surface area contributed by atoms with Crippen LogP contribution < -0.4 is 5.32 Å². The summed E-state index contributed by atoms with van der Waals surface area (Å²) in [6.07, 6.45) is 12.7. The Hall–Kier alpha value is -1.32. The first-order chi connectivity index (χ1) is 12.2. The predicted octanol–water partition coefficient (Wildman–Crippen LogP) is 5.57. The van der Waals surface area contributed by atoms with Crippen molar-refractivity contribution in [3.63, 3.8) is 0 Å². The largest absolute Gasteiger partial charge is 0.480 e. The van der Waals surface area contributed by atoms with Crippen LogP contribution >= 0.6 is 0 Å². The molecular weight excluding hydrogens is 326 g/mol. The molecule has 2 N–H and O–H groups in total. The molecule has 152 valence electrons. The topological polar surface area (TPSA) is 66.4 Å². The third-order valence-corrected chi connectivity index (χ3v) is 4.93. The van der Waals surface area contributed by atoms with Gasteiger partial charge in [-0.2, -0.15) is 0 Å². The second-order valence-electron chi connectivity index (χ2n) is 8.46. The van der Waals surface area contributed by atoms with Gasteiger partial charge in [0.05, 0.1) is 0 Å². The molecule has 0 aromatic heterocycles. The van der Waals surface area contributed by atoms with E-state index in [1.165, 1.54) is 51.0 Å². The van der Waals surface area contributed by atoms with E-state index in [0.717, 1.165) is 36.2 Å². The van der Waals surface area contributed by atoms with Crippen molar-refractivity contribution in [2.24, 2.45) is 17.8 Å². The summed E-state index contributed by atoms with van der Waals surface area (Å²) in [4.78, 5) is 21.9. The van der Waals surface area contributed by atoms with Gasteiger partial charge in [-0.05, 0) is 37.5 Å². The van der Waals surface area contributed by atoms with Crippen LogP contribution in [0.5, 0.6) is 0 Å². The van der Waals surface area contributed by atoms with Crippen molar-refractivity contribution in [1.82, 2.24) is 5.32 Å². The lowest BCUT2D eigenvalue weighted by molar-refractivity contribution is -0.137. The van der Waals surface area contributed by atoms with Crippen LogP contribution in [0.1, 0.15) is 92.4 Å². The Kier molecular flexibility index (Phi) is 14.1. The van der Waals surface area contributed by atoms with Gasteiger partial charge in [0, 0.05) is 6.08 Å². The number of aliphatic carboxylic acids is 1. The number of carboxylic acids is 1. The van der Waals surface area contributed by atoms with E-state index in [1.54, 1.807) is 0 Å². The van der Waals surface area contributed by atoms with Gasteiger partial charge in [0.15, 0.2) is 0 Å². The molecule has 26 heavy (non-hydrogen) atoms. The maximum Gasteiger partial charge on any atom is 0.322 e. The minimum atomic E-state index is -1.02. The summed E-state index contributed by atoms with van der Waals surface area (Å²) in [7, 11) is 0. The average Bonchev–Trinajstić information content (AvgIpc) is 2.52. The normalized spacial score (nSPS) is 14.3. The Bertz CT molecular complexity index is 429. The molecule has 0 heterocycles. The van der Waals surface area contributed by atoms with Crippen molar-refractivity contribution >= 4 is 11.9 Å². The van der Waals surface area contributed by atoms with Crippen LogP contribution in [-0.4, -0.2) is 23.5 Å². The number of carboxylic acid groups (broad SMARTS) is 1. The van der Waals surface area contributed by atoms with Crippen molar-refractivity contribution in [2.45, 2.75) is 92.4 Å². The average molecular weight is 368 g/mol. The second-order valence-corrected chi connectivity index (χ2v) is 8.46. The highest BCUT2D eigenvalue weighted by molar-refractivity contribution is 5.90. The highest BCUT2D eigenvalue weighted by atomic mass is 16.4. The fourth-order valence-corrected chi connectivity index (χ4v) is 3.22. The van der Waals surface area contributed by atoms with Gasteiger partial charge < -0.3 is 10.4 Å². The van der Waals surface area contributed by atoms with Gasteiger partial charge in [-0.1, -0.05) is 78.2 Å². The van der Waals surface area contributed by atoms with E-state index in [9.17, 15) is 9.59 Å². The van der Waals surface area contributed by atoms with Gasteiger partial charge in [0.1, 0.15) is 6.54 Å². The van der Waals surface area contributed by atoms with Crippen LogP contribution in [0.25, 0.3) is 0 Å². The molecule has 0 aliphatic heterocycles. The third kappa shape index (κ3) is 16.2. The quantitative estimate of drug-likeness (QED) is 0.372. The van der Waals surface area contributed by atoms with Crippen molar-refractivity contribution in [1.29, 1.82) is 0 Å². The highest BCUT2D eigenvalue weighted by Gasteiger charge is 2.07. The molecule has 0 aliphatic rings. The van der Waals surface area contributed by atoms with E-state index >= 15 is 0 Å². The number of allylic oxidation sites excluding steroid dienone is 1. The lowest BCUT2D eigenvalue weighted by Gasteiger charge is -2.15. The zero-order valence-electron chi connectivity index (χ0n) is 17.6. The Labute approximate surface area is 160 Å². The minimum Gasteiger partial charge on any atom is -0.480 e. The molecule has 0 saturated carbocycles. The Morgan fingerprint density at radius 3 is 1.88 bits per heavy atom. The number of rotatable bonds is 15. The summed E-state index contributed by atoms with van der Waals surface area (Å²) in [6, 6.07) is 0. The fourth-order valence-electron chi connectivity index (χ4n) is 3.22. The van der Waals surface area contributed by atoms with Crippen molar-refractivity contribution in [3.05, 3.63) is 11.6 Å². The number of carbonyl (C=O) groups is 2. The molecule has 0 aromatic carbocycles. The number of carbonyl (C=O) groups excluding carboxylic acids is 1. The molecule has 0 aliphatic carbocycles. The van der Waals surface area contributed by atoms with Crippen LogP contribution in [0.4, 0.5) is 0 Å². The molecule has 0 spiro atoms. The molecule has 2 atom stereocenters. The predicted molar refractivity (Wildman–Crippen MR) is 109 cm³/mol. The second kappa shape index (κ2) is 14.8. The lowest BCUT2D eigenvalue weighted by atomic mass is 9.91. The number of hydrogen-bond acceptors (Lipinski definition) is 2. The van der Waals surface area contributed by atoms with Gasteiger partial charge in [-0.15, -0.1) is 0 Å². The van der Waals surface area contributed by atoms with Gasteiger partial charge in [-0.3, -0.25) is 9.59 Å². The molecule has 0 saturated heterocycles. The van der Waals surface area contributed by atoms with Gasteiger partial charge in [-0.25, -0.2) is 0 Å². The highest BCUT2D eigenvalue weighted by Crippen LogP contribution is 2.21. The van der Waals surface area contributed by atoms with Gasteiger partial charge in [0.25, 0.3) is 0 Å². The molecule has 0 bridgehead atoms. The molecule has 0 rings (SSSR count). The maximum atomic E-state index is 11.5. The lowest BCUT2D eigenvalue weighted by Crippen LogP contribution is -2.27. The SMILES string of the molecule is CC(=CC(=O)NCC(=O)O)CCCC(C)CCCC(C)CCCC(C)C. The van der Waals surface area contributed by atoms with Gasteiger partial charge >= 0.3 is 5.97 Å². The summed E-state index contributed by atoms with van der Waals surface area (Å²) >= 11 is 0. The number of nitrogens with one attached hydrogen (secondary N) is 1. The summed E-state index contributed by atoms with van der Waals surface area (Å²) in [5, 5.41) is 10.9. The van der Waals surface area contributed by atoms with E-state index in [0.29, 0.717) is 0 Å². The molecule has 0 fully saturated rings. The van der Waals surface area contributed by atoms with Crippen LogP contribution in [0.15, 0.2) is 11.6 Å². The first kappa shape index (κ1) is 24.7. The first-order valence-corrected chi connectivity index (χ1v) is 10.4. The van der Waals surface area contributed by atoms with E-state index in [-0.39, 0.29) is 12.5 Å². The zero-order valence-corrected chi connectivity index (χ0v) is 17.6. The summed E-state index contributed by atoms with van der Waals surface area (Å²) in [5.41, 5.74) is 1.01. The molecule has 0 radical (unpaired) electrons. The van der Waals surface area contributed by atoms with Crippen LogP contribution in [0, 0.1) is 17.8 Å². The monoisotopic (exact) mass is 367 g/mol. The van der Waals surface area contributed by atoms with E-state index in [2.05, 4.69) is 33.0 Å². The van der Waals surface area contributed by atoms with Crippen molar-refractivity contribution < 1.29 is 14.7 Å². The van der Waals surface area contributed by atoms with Crippen LogP contribution in [0.3, 0.4) is 0 Å². The first-order valence-electron chi connectivity index (χ1n) is 10.4. The fraction of sp³-hybridized carbons (Fsp3) is 0.818. The smallest absolute Gasteiger partial charge is 0.322 e. The summed E-state index contributed by atoms with van der Waals surface area (Å²) in [5.74, 6) is 1.06. The van der Waals surface area contributed by atoms with E-state index in [4.69, 9.17) is 5.11 Å². The summed E-state index contributed by atoms with van der Waals surface area (Å²) in [6.45, 7) is 10.9. The van der Waals surface area contributed by atoms with Crippen LogP contribution in [0.2, 0.25) is 0 Å². The Morgan fingerprint density at radius 2 is 1.38 bits per heavy atom. The summed E-state index contributed by atoms with van der Waals surface area (Å²) < 4.78 is 0. The number of hydrogen-bond donors (Lipinski definition) is 2. The van der Waals surface area contributed by atoms with Crippen molar-refractivity contribution in [2.75, 3.05) is 6.54 Å².